The van der Waals surface area contributed by atoms with Crippen molar-refractivity contribution in [3.63, 3.8) is 0 Å². The number of piperidine rings is 1. The predicted molar refractivity (Wildman–Crippen MR) is 41.7 cm³/mol. The lowest BCUT2D eigenvalue weighted by Gasteiger charge is -2.22. The predicted octanol–water partition coefficient (Wildman–Crippen LogP) is 0.562. The van der Waals surface area contributed by atoms with Gasteiger partial charge in [-0.15, -0.1) is 0 Å². The Morgan fingerprint density at radius 2 is 1.83 bits per heavy atom. The second-order valence-corrected chi connectivity index (χ2v) is 3.83. The Morgan fingerprint density at radius 1 is 1.33 bits per heavy atom. The standard InChI is InChI=1S/C6H10NO4P/c1-11-12(10)7-5(8)3-2-4-6(7)9/h12H,2-4H2,1H3. The van der Waals surface area contributed by atoms with E-state index >= 15 is 0 Å². The maximum atomic E-state index is 11.1. The monoisotopic (exact) mass is 191 g/mol. The third-order valence-corrected chi connectivity index (χ3v) is 2.85. The third kappa shape index (κ3) is 1.73. The van der Waals surface area contributed by atoms with Gasteiger partial charge >= 0.3 is 0 Å². The molecule has 1 atom stereocenters. The zero-order valence-electron chi connectivity index (χ0n) is 6.70. The molecule has 0 N–H and O–H groups in total. The molecule has 0 spiro atoms. The Hall–Kier alpha value is -0.670. The molecule has 2 amide bonds. The van der Waals surface area contributed by atoms with Gasteiger partial charge in [-0.05, 0) is 6.42 Å². The quantitative estimate of drug-likeness (QED) is 0.472. The van der Waals surface area contributed by atoms with E-state index in [9.17, 15) is 14.2 Å². The van der Waals surface area contributed by atoms with Gasteiger partial charge < -0.3 is 4.52 Å². The zero-order valence-corrected chi connectivity index (χ0v) is 7.70. The van der Waals surface area contributed by atoms with Crippen LogP contribution in [-0.2, 0) is 18.7 Å². The summed E-state index contributed by atoms with van der Waals surface area (Å²) >= 11 is 0. The normalized spacial score (nSPS) is 21.2. The van der Waals surface area contributed by atoms with Crippen LogP contribution in [0.2, 0.25) is 0 Å². The first kappa shape index (κ1) is 9.42. The van der Waals surface area contributed by atoms with Crippen molar-refractivity contribution in [1.29, 1.82) is 0 Å². The van der Waals surface area contributed by atoms with E-state index in [1.54, 1.807) is 0 Å². The number of carbonyl (C=O) groups excluding carboxylic acids is 2. The van der Waals surface area contributed by atoms with Crippen LogP contribution in [0, 0.1) is 0 Å². The number of hydrogen-bond donors (Lipinski definition) is 0. The fraction of sp³-hybridized carbons (Fsp3) is 0.667. The molecule has 0 radical (unpaired) electrons. The second-order valence-electron chi connectivity index (χ2n) is 2.45. The summed E-state index contributed by atoms with van der Waals surface area (Å²) in [5.41, 5.74) is 0. The lowest BCUT2D eigenvalue weighted by molar-refractivity contribution is -0.141. The van der Waals surface area contributed by atoms with Gasteiger partial charge in [0, 0.05) is 20.0 Å². The minimum atomic E-state index is -2.64. The summed E-state index contributed by atoms with van der Waals surface area (Å²) < 4.78 is 16.2. The average molecular weight is 191 g/mol. The molecule has 0 aromatic heterocycles. The van der Waals surface area contributed by atoms with Crippen LogP contribution >= 0.6 is 8.18 Å². The maximum absolute atomic E-state index is 11.1. The van der Waals surface area contributed by atoms with Gasteiger partial charge in [-0.3, -0.25) is 14.2 Å². The summed E-state index contributed by atoms with van der Waals surface area (Å²) in [5.74, 6) is -0.783. The molecule has 1 heterocycles. The van der Waals surface area contributed by atoms with E-state index in [2.05, 4.69) is 4.52 Å². The Balaban J connectivity index is 2.76. The number of carbonyl (C=O) groups is 2. The van der Waals surface area contributed by atoms with Crippen molar-refractivity contribution < 1.29 is 18.7 Å². The molecular weight excluding hydrogens is 181 g/mol. The molecule has 1 aliphatic rings. The lowest BCUT2D eigenvalue weighted by Crippen LogP contribution is -2.34. The number of amides is 2. The first-order valence-corrected chi connectivity index (χ1v) is 4.87. The van der Waals surface area contributed by atoms with Crippen LogP contribution in [0.3, 0.4) is 0 Å². The van der Waals surface area contributed by atoms with E-state index in [4.69, 9.17) is 0 Å². The summed E-state index contributed by atoms with van der Waals surface area (Å²) in [6.45, 7) is 0. The molecule has 0 aliphatic carbocycles. The topological polar surface area (TPSA) is 63.7 Å². The van der Waals surface area contributed by atoms with E-state index < -0.39 is 20.0 Å². The van der Waals surface area contributed by atoms with Crippen LogP contribution in [0.15, 0.2) is 0 Å². The average Bonchev–Trinajstić information content (AvgIpc) is 2.03. The van der Waals surface area contributed by atoms with Crippen LogP contribution in [0.5, 0.6) is 0 Å². The van der Waals surface area contributed by atoms with Crippen molar-refractivity contribution >= 4 is 20.0 Å². The highest BCUT2D eigenvalue weighted by Gasteiger charge is 2.29. The molecule has 1 rings (SSSR count). The largest absolute Gasteiger partial charge is 0.318 e. The minimum absolute atomic E-state index is 0.283. The first-order chi connectivity index (χ1) is 5.66. The highest BCUT2D eigenvalue weighted by Crippen LogP contribution is 2.31. The van der Waals surface area contributed by atoms with Crippen molar-refractivity contribution in [2.75, 3.05) is 7.11 Å². The zero-order chi connectivity index (χ0) is 9.14. The molecule has 0 saturated carbocycles. The van der Waals surface area contributed by atoms with E-state index in [1.165, 1.54) is 7.11 Å². The van der Waals surface area contributed by atoms with E-state index in [1.807, 2.05) is 0 Å². The minimum Gasteiger partial charge on any atom is -0.318 e. The number of imide groups is 1. The molecule has 1 unspecified atom stereocenters. The molecule has 0 bridgehead atoms. The SMILES string of the molecule is CO[PH](=O)N1C(=O)CCCC1=O. The summed E-state index contributed by atoms with van der Waals surface area (Å²) in [6.07, 6.45) is 1.12. The van der Waals surface area contributed by atoms with Crippen LogP contribution in [0.4, 0.5) is 0 Å². The Bertz CT molecular complexity index is 213. The lowest BCUT2D eigenvalue weighted by atomic mass is 10.1. The van der Waals surface area contributed by atoms with E-state index in [-0.39, 0.29) is 12.8 Å². The van der Waals surface area contributed by atoms with Gasteiger partial charge in [-0.25, -0.2) is 4.67 Å². The van der Waals surface area contributed by atoms with E-state index in [0.717, 1.165) is 4.67 Å². The van der Waals surface area contributed by atoms with Gasteiger partial charge in [0.2, 0.25) is 11.8 Å². The fourth-order valence-corrected chi connectivity index (χ4v) is 1.86. The Labute approximate surface area is 70.6 Å². The first-order valence-electron chi connectivity index (χ1n) is 3.60. The smallest absolute Gasteiger partial charge is 0.293 e. The Kier molecular flexibility index (Phi) is 3.00. The molecule has 68 valence electrons. The number of rotatable bonds is 2. The maximum Gasteiger partial charge on any atom is 0.293 e. The fourth-order valence-electron chi connectivity index (χ4n) is 1.05. The highest BCUT2D eigenvalue weighted by molar-refractivity contribution is 7.38. The van der Waals surface area contributed by atoms with Crippen LogP contribution in [0.25, 0.3) is 0 Å². The molecule has 0 aromatic carbocycles. The van der Waals surface area contributed by atoms with Crippen LogP contribution < -0.4 is 0 Å². The summed E-state index contributed by atoms with van der Waals surface area (Å²) in [7, 11) is -1.42. The molecular formula is C6H10NO4P. The van der Waals surface area contributed by atoms with E-state index in [0.29, 0.717) is 6.42 Å². The van der Waals surface area contributed by atoms with Crippen molar-refractivity contribution in [2.24, 2.45) is 0 Å². The van der Waals surface area contributed by atoms with Gasteiger partial charge in [0.1, 0.15) is 0 Å². The second kappa shape index (κ2) is 3.83. The molecule has 6 heteroatoms. The number of nitrogens with zero attached hydrogens (tertiary/aromatic N) is 1. The highest BCUT2D eigenvalue weighted by atomic mass is 31.1. The van der Waals surface area contributed by atoms with Crippen LogP contribution in [-0.4, -0.2) is 23.6 Å². The van der Waals surface area contributed by atoms with Gasteiger partial charge in [-0.2, -0.15) is 0 Å². The van der Waals surface area contributed by atoms with Gasteiger partial charge in [0.15, 0.2) is 0 Å². The molecule has 1 fully saturated rings. The van der Waals surface area contributed by atoms with Crippen molar-refractivity contribution in [3.8, 4) is 0 Å². The van der Waals surface area contributed by atoms with Gasteiger partial charge in [-0.1, -0.05) is 0 Å². The van der Waals surface area contributed by atoms with Crippen molar-refractivity contribution in [2.45, 2.75) is 19.3 Å². The molecule has 0 aromatic rings. The third-order valence-electron chi connectivity index (χ3n) is 1.64. The van der Waals surface area contributed by atoms with Gasteiger partial charge in [0.25, 0.3) is 8.18 Å². The molecule has 1 aliphatic heterocycles. The summed E-state index contributed by atoms with van der Waals surface area (Å²) in [6, 6.07) is 0. The molecule has 12 heavy (non-hydrogen) atoms. The summed E-state index contributed by atoms with van der Waals surface area (Å²) in [5, 5.41) is 0. The number of hydrogen-bond acceptors (Lipinski definition) is 4. The van der Waals surface area contributed by atoms with Crippen LogP contribution in [0.1, 0.15) is 19.3 Å². The molecule has 1 saturated heterocycles. The van der Waals surface area contributed by atoms with Crippen molar-refractivity contribution in [1.82, 2.24) is 4.67 Å². The van der Waals surface area contributed by atoms with Crippen molar-refractivity contribution in [3.05, 3.63) is 0 Å². The summed E-state index contributed by atoms with van der Waals surface area (Å²) in [4.78, 5) is 22.1. The van der Waals surface area contributed by atoms with Gasteiger partial charge in [0.05, 0.1) is 0 Å². The Morgan fingerprint density at radius 3 is 2.25 bits per heavy atom. The molecule has 5 nitrogen and oxygen atoms in total.